The van der Waals surface area contributed by atoms with E-state index < -0.39 is 66.5 Å². The van der Waals surface area contributed by atoms with Gasteiger partial charge < -0.3 is 25.3 Å². The molecule has 2 rings (SSSR count). The van der Waals surface area contributed by atoms with Crippen molar-refractivity contribution in [3.63, 3.8) is 0 Å². The first-order valence-electron chi connectivity index (χ1n) is 13.3. The molecule has 0 unspecified atom stereocenters. The number of esters is 2. The highest BCUT2D eigenvalue weighted by atomic mass is 19.3. The summed E-state index contributed by atoms with van der Waals surface area (Å²) in [6.45, 7) is 9.63. The van der Waals surface area contributed by atoms with Crippen molar-refractivity contribution in [2.75, 3.05) is 11.9 Å². The SMILES string of the molecule is CCCC(CCC)C(=O)Nc1ccn([C@@H]2O[C@H](COC(=O)C(C)C)[C@@H](OC(=O)[C@@H](N)C(C)C)C2(F)F)c(=O)n1. The van der Waals surface area contributed by atoms with Crippen LogP contribution in [0.2, 0.25) is 0 Å². The molecule has 2 heterocycles. The van der Waals surface area contributed by atoms with E-state index in [0.717, 1.165) is 19.0 Å². The smallest absolute Gasteiger partial charge is 0.351 e. The zero-order chi connectivity index (χ0) is 29.5. The minimum atomic E-state index is -3.93. The average Bonchev–Trinajstić information content (AvgIpc) is 3.10. The van der Waals surface area contributed by atoms with E-state index >= 15 is 8.78 Å². The predicted molar refractivity (Wildman–Crippen MR) is 138 cm³/mol. The minimum Gasteiger partial charge on any atom is -0.463 e. The summed E-state index contributed by atoms with van der Waals surface area (Å²) in [6, 6.07) is 0.0189. The highest BCUT2D eigenvalue weighted by molar-refractivity contribution is 5.91. The Balaban J connectivity index is 2.33. The van der Waals surface area contributed by atoms with Gasteiger partial charge in [-0.3, -0.25) is 19.0 Å². The van der Waals surface area contributed by atoms with Gasteiger partial charge in [-0.2, -0.15) is 13.8 Å². The van der Waals surface area contributed by atoms with Crippen LogP contribution in [-0.4, -0.2) is 58.2 Å². The number of halogens is 2. The van der Waals surface area contributed by atoms with Crippen molar-refractivity contribution in [1.82, 2.24) is 9.55 Å². The highest BCUT2D eigenvalue weighted by Crippen LogP contribution is 2.44. The number of alkyl halides is 2. The molecule has 0 aromatic carbocycles. The average molecular weight is 559 g/mol. The van der Waals surface area contributed by atoms with Crippen molar-refractivity contribution in [2.45, 2.75) is 97.6 Å². The van der Waals surface area contributed by atoms with E-state index in [0.29, 0.717) is 17.4 Å². The van der Waals surface area contributed by atoms with Gasteiger partial charge in [0.1, 0.15) is 24.6 Å². The number of rotatable bonds is 13. The number of nitrogens with two attached hydrogens (primary N) is 1. The number of anilines is 1. The molecule has 11 nitrogen and oxygen atoms in total. The number of ether oxygens (including phenoxy) is 3. The number of amides is 1. The van der Waals surface area contributed by atoms with Gasteiger partial charge in [0.05, 0.1) is 5.92 Å². The van der Waals surface area contributed by atoms with Crippen LogP contribution >= 0.6 is 0 Å². The fourth-order valence-electron chi connectivity index (χ4n) is 4.05. The van der Waals surface area contributed by atoms with Crippen LogP contribution in [0.15, 0.2) is 17.1 Å². The minimum absolute atomic E-state index is 0.0898. The maximum atomic E-state index is 15.6. The van der Waals surface area contributed by atoms with Crippen LogP contribution in [0, 0.1) is 17.8 Å². The lowest BCUT2D eigenvalue weighted by molar-refractivity contribution is -0.179. The zero-order valence-corrected chi connectivity index (χ0v) is 23.3. The molecule has 0 bridgehead atoms. The highest BCUT2D eigenvalue weighted by Gasteiger charge is 2.63. The molecule has 220 valence electrons. The van der Waals surface area contributed by atoms with E-state index in [-0.39, 0.29) is 17.6 Å². The topological polar surface area (TPSA) is 152 Å². The van der Waals surface area contributed by atoms with Gasteiger partial charge in [-0.25, -0.2) is 4.79 Å². The van der Waals surface area contributed by atoms with Gasteiger partial charge in [0, 0.05) is 12.1 Å². The second kappa shape index (κ2) is 13.9. The number of nitrogens with zero attached hydrogens (tertiary/aromatic N) is 2. The van der Waals surface area contributed by atoms with Crippen LogP contribution in [0.5, 0.6) is 0 Å². The predicted octanol–water partition coefficient (Wildman–Crippen LogP) is 3.03. The molecule has 1 aliphatic heterocycles. The van der Waals surface area contributed by atoms with Crippen molar-refractivity contribution < 1.29 is 37.4 Å². The van der Waals surface area contributed by atoms with E-state index in [4.69, 9.17) is 19.9 Å². The number of aromatic nitrogens is 2. The normalized spacial score (nSPS) is 21.3. The van der Waals surface area contributed by atoms with E-state index in [1.807, 2.05) is 13.8 Å². The standard InChI is InChI=1S/C26H40F2N4O7/c1-7-9-16(10-8-2)21(33)30-18-11-12-32(25(36)31-18)24-26(27,28)20(39-23(35)19(29)14(3)4)17(38-24)13-37-22(34)15(5)6/h11-12,14-17,19-20,24H,7-10,13,29H2,1-6H3,(H,30,31,33,36)/t17-,19+,20-,24-/m1/s1. The van der Waals surface area contributed by atoms with Crippen LogP contribution in [0.4, 0.5) is 14.6 Å². The number of nitrogens with one attached hydrogen (secondary N) is 1. The fraction of sp³-hybridized carbons (Fsp3) is 0.731. The summed E-state index contributed by atoms with van der Waals surface area (Å²) in [5, 5.41) is 2.57. The number of carbonyl (C=O) groups excluding carboxylic acids is 3. The molecule has 1 aromatic heterocycles. The lowest BCUT2D eigenvalue weighted by atomic mass is 9.97. The van der Waals surface area contributed by atoms with Gasteiger partial charge in [0.25, 0.3) is 0 Å². The van der Waals surface area contributed by atoms with Gasteiger partial charge in [-0.05, 0) is 24.8 Å². The maximum Gasteiger partial charge on any atom is 0.351 e. The molecule has 4 atom stereocenters. The number of hydrogen-bond donors (Lipinski definition) is 2. The molecule has 0 aliphatic carbocycles. The molecule has 0 radical (unpaired) electrons. The Bertz CT molecular complexity index is 1060. The van der Waals surface area contributed by atoms with E-state index in [2.05, 4.69) is 10.3 Å². The first-order chi connectivity index (χ1) is 18.2. The van der Waals surface area contributed by atoms with Crippen LogP contribution in [0.3, 0.4) is 0 Å². The van der Waals surface area contributed by atoms with Crippen LogP contribution in [0.25, 0.3) is 0 Å². The first-order valence-corrected chi connectivity index (χ1v) is 13.3. The Hall–Kier alpha value is -2.93. The molecule has 0 saturated carbocycles. The molecule has 1 saturated heterocycles. The van der Waals surface area contributed by atoms with Crippen molar-refractivity contribution in [3.05, 3.63) is 22.7 Å². The fourth-order valence-corrected chi connectivity index (χ4v) is 4.05. The molecule has 1 fully saturated rings. The largest absolute Gasteiger partial charge is 0.463 e. The lowest BCUT2D eigenvalue weighted by Gasteiger charge is -2.26. The monoisotopic (exact) mass is 558 g/mol. The molecular formula is C26H40F2N4O7. The molecule has 1 aromatic rings. The van der Waals surface area contributed by atoms with E-state index in [1.165, 1.54) is 6.07 Å². The Kier molecular flexibility index (Phi) is 11.5. The Labute approximate surface area is 226 Å². The molecule has 0 spiro atoms. The summed E-state index contributed by atoms with van der Waals surface area (Å²) < 4.78 is 47.4. The van der Waals surface area contributed by atoms with Crippen LogP contribution in [0.1, 0.15) is 73.5 Å². The molecular weight excluding hydrogens is 518 g/mol. The number of carbonyl (C=O) groups is 3. The van der Waals surface area contributed by atoms with Gasteiger partial charge in [-0.1, -0.05) is 54.4 Å². The second-order valence-electron chi connectivity index (χ2n) is 10.4. The van der Waals surface area contributed by atoms with Crippen molar-refractivity contribution in [2.24, 2.45) is 23.5 Å². The Morgan fingerprint density at radius 2 is 1.77 bits per heavy atom. The second-order valence-corrected chi connectivity index (χ2v) is 10.4. The van der Waals surface area contributed by atoms with Gasteiger partial charge in [0.15, 0.2) is 6.10 Å². The number of hydrogen-bond acceptors (Lipinski definition) is 9. The third kappa shape index (κ3) is 8.04. The summed E-state index contributed by atoms with van der Waals surface area (Å²) >= 11 is 0. The third-order valence-electron chi connectivity index (χ3n) is 6.42. The zero-order valence-electron chi connectivity index (χ0n) is 23.3. The van der Waals surface area contributed by atoms with Gasteiger partial charge in [-0.15, -0.1) is 0 Å². The third-order valence-corrected chi connectivity index (χ3v) is 6.42. The Morgan fingerprint density at radius 3 is 2.28 bits per heavy atom. The quantitative estimate of drug-likeness (QED) is 0.348. The van der Waals surface area contributed by atoms with Crippen LogP contribution in [-0.2, 0) is 28.6 Å². The summed E-state index contributed by atoms with van der Waals surface area (Å²) in [7, 11) is 0. The summed E-state index contributed by atoms with van der Waals surface area (Å²) in [4.78, 5) is 53.5. The summed E-state index contributed by atoms with van der Waals surface area (Å²) in [6.07, 6.45) is -2.11. The van der Waals surface area contributed by atoms with Crippen molar-refractivity contribution >= 4 is 23.7 Å². The molecule has 1 aliphatic rings. The van der Waals surface area contributed by atoms with Crippen molar-refractivity contribution in [3.8, 4) is 0 Å². The van der Waals surface area contributed by atoms with Gasteiger partial charge >= 0.3 is 23.6 Å². The van der Waals surface area contributed by atoms with Gasteiger partial charge in [0.2, 0.25) is 12.1 Å². The van der Waals surface area contributed by atoms with Crippen molar-refractivity contribution in [1.29, 1.82) is 0 Å². The molecule has 13 heteroatoms. The summed E-state index contributed by atoms with van der Waals surface area (Å²) in [5.41, 5.74) is 4.65. The molecule has 1 amide bonds. The lowest BCUT2D eigenvalue weighted by Crippen LogP contribution is -2.48. The van der Waals surface area contributed by atoms with E-state index in [9.17, 15) is 19.2 Å². The summed E-state index contributed by atoms with van der Waals surface area (Å²) in [5.74, 6) is -7.29. The Morgan fingerprint density at radius 1 is 1.15 bits per heavy atom. The van der Waals surface area contributed by atoms with E-state index in [1.54, 1.807) is 27.7 Å². The first kappa shape index (κ1) is 32.3. The molecule has 39 heavy (non-hydrogen) atoms. The maximum absolute atomic E-state index is 15.6. The molecule has 3 N–H and O–H groups in total. The van der Waals surface area contributed by atoms with Crippen LogP contribution < -0.4 is 16.7 Å².